The molecule has 0 saturated carbocycles. The van der Waals surface area contributed by atoms with Crippen LogP contribution >= 0.6 is 0 Å². The first kappa shape index (κ1) is 10.9. The van der Waals surface area contributed by atoms with Crippen LogP contribution in [0.25, 0.3) is 17.2 Å². The van der Waals surface area contributed by atoms with E-state index in [4.69, 9.17) is 5.73 Å². The number of nitrogen functional groups attached to an aromatic ring is 1. The Morgan fingerprint density at radius 2 is 1.63 bits per heavy atom. The number of allylic oxidation sites excluding steroid dienone is 1. The number of rotatable bonds is 0. The molecule has 2 aromatic rings. The van der Waals surface area contributed by atoms with E-state index >= 15 is 0 Å². The molecule has 0 spiro atoms. The van der Waals surface area contributed by atoms with Gasteiger partial charge in [0, 0.05) is 5.69 Å². The van der Waals surface area contributed by atoms with Gasteiger partial charge in [0.1, 0.15) is 0 Å². The zero-order chi connectivity index (χ0) is 12.8. The van der Waals surface area contributed by atoms with Crippen molar-refractivity contribution in [1.29, 1.82) is 0 Å². The summed E-state index contributed by atoms with van der Waals surface area (Å²) in [6.07, 6.45) is 9.13. The maximum atomic E-state index is 6.13. The minimum Gasteiger partial charge on any atom is -0.398 e. The number of fused-ring (bicyclic) bond motifs is 5. The van der Waals surface area contributed by atoms with Gasteiger partial charge in [0.25, 0.3) is 0 Å². The third-order valence-electron chi connectivity index (χ3n) is 4.45. The lowest BCUT2D eigenvalue weighted by Gasteiger charge is -2.26. The minimum atomic E-state index is 0.945. The normalized spacial score (nSPS) is 15.6. The largest absolute Gasteiger partial charge is 0.398 e. The van der Waals surface area contributed by atoms with Gasteiger partial charge in [-0.05, 0) is 65.1 Å². The average molecular weight is 247 g/mol. The standard InChI is InChI=1S/C18H17N/c19-18-7-3-6-14-16-9-8-12-4-1-2-5-13(12)15(16)10-11-17(14)18/h1,3-4,6-9H,2,5,10-11,19H2. The van der Waals surface area contributed by atoms with E-state index in [0.717, 1.165) is 18.5 Å². The summed E-state index contributed by atoms with van der Waals surface area (Å²) in [6.45, 7) is 0. The van der Waals surface area contributed by atoms with E-state index in [1.165, 1.54) is 35.1 Å². The summed E-state index contributed by atoms with van der Waals surface area (Å²) in [5.41, 5.74) is 15.7. The lowest BCUT2D eigenvalue weighted by atomic mass is 9.79. The van der Waals surface area contributed by atoms with Crippen molar-refractivity contribution in [3.05, 3.63) is 58.7 Å². The lowest BCUT2D eigenvalue weighted by Crippen LogP contribution is -2.11. The maximum Gasteiger partial charge on any atom is 0.0352 e. The topological polar surface area (TPSA) is 26.0 Å². The Kier molecular flexibility index (Phi) is 2.28. The predicted octanol–water partition coefficient (Wildman–Crippen LogP) is 3.99. The molecule has 0 bridgehead atoms. The Balaban J connectivity index is 1.99. The first-order chi connectivity index (χ1) is 9.34. The summed E-state index contributed by atoms with van der Waals surface area (Å²) in [4.78, 5) is 0. The number of benzene rings is 2. The van der Waals surface area contributed by atoms with Crippen molar-refractivity contribution in [2.75, 3.05) is 5.73 Å². The minimum absolute atomic E-state index is 0.945. The predicted molar refractivity (Wildman–Crippen MR) is 81.1 cm³/mol. The third kappa shape index (κ3) is 1.54. The molecule has 1 nitrogen and oxygen atoms in total. The van der Waals surface area contributed by atoms with Gasteiger partial charge in [0.15, 0.2) is 0 Å². The summed E-state index contributed by atoms with van der Waals surface area (Å²) in [5, 5.41) is 0. The van der Waals surface area contributed by atoms with E-state index in [1.54, 1.807) is 11.1 Å². The molecule has 0 unspecified atom stereocenters. The van der Waals surface area contributed by atoms with Crippen molar-refractivity contribution in [1.82, 2.24) is 0 Å². The summed E-state index contributed by atoms with van der Waals surface area (Å²) in [5.74, 6) is 0. The van der Waals surface area contributed by atoms with Crippen LogP contribution in [0.2, 0.25) is 0 Å². The monoisotopic (exact) mass is 247 g/mol. The Bertz CT molecular complexity index is 695. The van der Waals surface area contributed by atoms with Gasteiger partial charge < -0.3 is 5.73 Å². The zero-order valence-corrected chi connectivity index (χ0v) is 10.9. The molecule has 2 aliphatic carbocycles. The van der Waals surface area contributed by atoms with Crippen LogP contribution in [0.15, 0.2) is 36.4 Å². The molecule has 0 saturated heterocycles. The van der Waals surface area contributed by atoms with Crippen LogP contribution in [-0.2, 0) is 19.3 Å². The first-order valence-corrected chi connectivity index (χ1v) is 7.03. The highest BCUT2D eigenvalue weighted by molar-refractivity contribution is 5.80. The van der Waals surface area contributed by atoms with Gasteiger partial charge in [-0.25, -0.2) is 0 Å². The molecule has 0 radical (unpaired) electrons. The molecule has 0 aromatic heterocycles. The van der Waals surface area contributed by atoms with Crippen molar-refractivity contribution in [3.63, 3.8) is 0 Å². The number of hydrogen-bond donors (Lipinski definition) is 1. The lowest BCUT2D eigenvalue weighted by molar-refractivity contribution is 0.889. The van der Waals surface area contributed by atoms with Gasteiger partial charge in [-0.3, -0.25) is 0 Å². The SMILES string of the molecule is Nc1cccc2c1CCc1c-2ccc2c1CCC=C2. The maximum absolute atomic E-state index is 6.13. The summed E-state index contributed by atoms with van der Waals surface area (Å²) < 4.78 is 0. The molecule has 0 aliphatic heterocycles. The molecule has 0 heterocycles. The fraction of sp³-hybridized carbons (Fsp3) is 0.222. The molecule has 19 heavy (non-hydrogen) atoms. The molecule has 2 N–H and O–H groups in total. The van der Waals surface area contributed by atoms with E-state index in [9.17, 15) is 0 Å². The molecular weight excluding hydrogens is 230 g/mol. The molecule has 0 fully saturated rings. The molecule has 1 heteroatoms. The van der Waals surface area contributed by atoms with E-state index in [2.05, 4.69) is 36.4 Å². The van der Waals surface area contributed by atoms with E-state index in [-0.39, 0.29) is 0 Å². The summed E-state index contributed by atoms with van der Waals surface area (Å²) >= 11 is 0. The van der Waals surface area contributed by atoms with Crippen LogP contribution in [0.1, 0.15) is 28.7 Å². The highest BCUT2D eigenvalue weighted by atomic mass is 14.6. The molecular formula is C18H17N. The molecule has 0 atom stereocenters. The highest BCUT2D eigenvalue weighted by Crippen LogP contribution is 2.39. The van der Waals surface area contributed by atoms with Crippen molar-refractivity contribution < 1.29 is 0 Å². The van der Waals surface area contributed by atoms with Crippen molar-refractivity contribution >= 4 is 11.8 Å². The fourth-order valence-corrected chi connectivity index (χ4v) is 3.52. The molecule has 2 aromatic carbocycles. The zero-order valence-electron chi connectivity index (χ0n) is 10.9. The Labute approximate surface area is 113 Å². The quantitative estimate of drug-likeness (QED) is 0.700. The van der Waals surface area contributed by atoms with E-state index in [0.29, 0.717) is 0 Å². The highest BCUT2D eigenvalue weighted by Gasteiger charge is 2.21. The molecule has 4 rings (SSSR count). The second kappa shape index (κ2) is 3.99. The van der Waals surface area contributed by atoms with Gasteiger partial charge in [-0.15, -0.1) is 0 Å². The van der Waals surface area contributed by atoms with Crippen LogP contribution in [0.4, 0.5) is 5.69 Å². The van der Waals surface area contributed by atoms with Crippen LogP contribution in [0.5, 0.6) is 0 Å². The second-order valence-corrected chi connectivity index (χ2v) is 5.47. The summed E-state index contributed by atoms with van der Waals surface area (Å²) in [7, 11) is 0. The Hall–Kier alpha value is -2.02. The Morgan fingerprint density at radius 1 is 0.789 bits per heavy atom. The van der Waals surface area contributed by atoms with Gasteiger partial charge in [-0.2, -0.15) is 0 Å². The Morgan fingerprint density at radius 3 is 2.58 bits per heavy atom. The van der Waals surface area contributed by atoms with Crippen LogP contribution in [-0.4, -0.2) is 0 Å². The van der Waals surface area contributed by atoms with Gasteiger partial charge >= 0.3 is 0 Å². The van der Waals surface area contributed by atoms with E-state index in [1.807, 2.05) is 6.07 Å². The average Bonchev–Trinajstić information content (AvgIpc) is 2.47. The van der Waals surface area contributed by atoms with Gasteiger partial charge in [0.05, 0.1) is 0 Å². The number of nitrogens with two attached hydrogens (primary N) is 1. The second-order valence-electron chi connectivity index (χ2n) is 5.47. The smallest absolute Gasteiger partial charge is 0.0352 e. The van der Waals surface area contributed by atoms with Crippen LogP contribution < -0.4 is 5.73 Å². The van der Waals surface area contributed by atoms with Crippen LogP contribution in [0.3, 0.4) is 0 Å². The van der Waals surface area contributed by atoms with Gasteiger partial charge in [-0.1, -0.05) is 36.4 Å². The van der Waals surface area contributed by atoms with Crippen molar-refractivity contribution in [2.45, 2.75) is 25.7 Å². The van der Waals surface area contributed by atoms with Crippen molar-refractivity contribution in [3.8, 4) is 11.1 Å². The van der Waals surface area contributed by atoms with E-state index < -0.39 is 0 Å². The molecule has 94 valence electrons. The third-order valence-corrected chi connectivity index (χ3v) is 4.45. The summed E-state index contributed by atoms with van der Waals surface area (Å²) in [6, 6.07) is 10.9. The molecule has 0 amide bonds. The first-order valence-electron chi connectivity index (χ1n) is 7.03. The number of anilines is 1. The van der Waals surface area contributed by atoms with Crippen LogP contribution in [0, 0.1) is 0 Å². The molecule has 2 aliphatic rings. The fourth-order valence-electron chi connectivity index (χ4n) is 3.52. The number of hydrogen-bond acceptors (Lipinski definition) is 1. The van der Waals surface area contributed by atoms with Crippen molar-refractivity contribution in [2.24, 2.45) is 0 Å². The van der Waals surface area contributed by atoms with Gasteiger partial charge in [0.2, 0.25) is 0 Å².